The van der Waals surface area contributed by atoms with Crippen LogP contribution in [0.1, 0.15) is 12.8 Å². The molecule has 1 aliphatic rings. The number of primary amides is 1. The lowest BCUT2D eigenvalue weighted by atomic mass is 10.0. The number of carbonyl (C=O) groups is 1. The van der Waals surface area contributed by atoms with E-state index in [-0.39, 0.29) is 11.8 Å². The zero-order valence-corrected chi connectivity index (χ0v) is 5.66. The molecule has 0 aliphatic carbocycles. The van der Waals surface area contributed by atoms with E-state index in [0.717, 1.165) is 6.42 Å². The van der Waals surface area contributed by atoms with Crippen LogP contribution in [0.4, 0.5) is 0 Å². The summed E-state index contributed by atoms with van der Waals surface area (Å²) < 4.78 is 0. The molecule has 0 spiro atoms. The van der Waals surface area contributed by atoms with E-state index in [1.807, 2.05) is 6.08 Å². The van der Waals surface area contributed by atoms with E-state index in [1.165, 1.54) is 0 Å². The molecule has 1 atom stereocenters. The number of hydrogen-bond donors (Lipinski definition) is 1. The SMILES string of the molecule is NC(=O)CC1C=CN=CC1. The minimum Gasteiger partial charge on any atom is -0.370 e. The number of hydrogen-bond acceptors (Lipinski definition) is 2. The summed E-state index contributed by atoms with van der Waals surface area (Å²) in [6.07, 6.45) is 6.68. The molecule has 1 rings (SSSR count). The average molecular weight is 138 g/mol. The smallest absolute Gasteiger partial charge is 0.218 e. The van der Waals surface area contributed by atoms with Gasteiger partial charge in [-0.05, 0) is 12.3 Å². The van der Waals surface area contributed by atoms with E-state index in [0.29, 0.717) is 6.42 Å². The fourth-order valence-corrected chi connectivity index (χ4v) is 0.917. The maximum absolute atomic E-state index is 10.4. The zero-order valence-electron chi connectivity index (χ0n) is 5.66. The summed E-state index contributed by atoms with van der Waals surface area (Å²) in [4.78, 5) is 14.3. The van der Waals surface area contributed by atoms with Crippen molar-refractivity contribution < 1.29 is 4.79 Å². The van der Waals surface area contributed by atoms with Gasteiger partial charge in [0.05, 0.1) is 0 Å². The number of aliphatic imine (C=N–C) groups is 1. The molecule has 0 fully saturated rings. The molecule has 1 heterocycles. The summed E-state index contributed by atoms with van der Waals surface area (Å²) in [6, 6.07) is 0. The molecule has 0 aromatic heterocycles. The van der Waals surface area contributed by atoms with Gasteiger partial charge in [0.25, 0.3) is 0 Å². The normalized spacial score (nSPS) is 23.0. The molecule has 1 amide bonds. The molecule has 0 aromatic rings. The fraction of sp³-hybridized carbons (Fsp3) is 0.429. The van der Waals surface area contributed by atoms with Gasteiger partial charge < -0.3 is 5.73 Å². The second kappa shape index (κ2) is 3.15. The van der Waals surface area contributed by atoms with Crippen LogP contribution in [0.15, 0.2) is 17.3 Å². The third kappa shape index (κ3) is 2.01. The minimum absolute atomic E-state index is 0.245. The van der Waals surface area contributed by atoms with Gasteiger partial charge in [0.2, 0.25) is 5.91 Å². The Labute approximate surface area is 59.6 Å². The summed E-state index contributed by atoms with van der Waals surface area (Å²) in [5.41, 5.74) is 5.01. The Hall–Kier alpha value is -1.12. The number of carbonyl (C=O) groups excluding carboxylic acids is 1. The van der Waals surface area contributed by atoms with Gasteiger partial charge in [0.1, 0.15) is 0 Å². The molecule has 1 unspecified atom stereocenters. The van der Waals surface area contributed by atoms with Crippen molar-refractivity contribution >= 4 is 12.1 Å². The van der Waals surface area contributed by atoms with Gasteiger partial charge in [0, 0.05) is 18.8 Å². The van der Waals surface area contributed by atoms with Gasteiger partial charge in [-0.1, -0.05) is 6.08 Å². The molecule has 2 N–H and O–H groups in total. The number of nitrogens with two attached hydrogens (primary N) is 1. The predicted molar refractivity (Wildman–Crippen MR) is 39.6 cm³/mol. The molecule has 54 valence electrons. The van der Waals surface area contributed by atoms with Crippen molar-refractivity contribution in [3.63, 3.8) is 0 Å². The second-order valence-electron chi connectivity index (χ2n) is 2.34. The lowest BCUT2D eigenvalue weighted by Gasteiger charge is -2.08. The van der Waals surface area contributed by atoms with E-state index in [1.54, 1.807) is 12.4 Å². The zero-order chi connectivity index (χ0) is 7.40. The summed E-state index contributed by atoms with van der Waals surface area (Å²) in [6.45, 7) is 0. The van der Waals surface area contributed by atoms with Gasteiger partial charge in [-0.3, -0.25) is 9.79 Å². The Morgan fingerprint density at radius 1 is 1.80 bits per heavy atom. The third-order valence-electron chi connectivity index (χ3n) is 1.42. The first-order chi connectivity index (χ1) is 4.79. The molecular formula is C7H10N2O. The standard InChI is InChI=1S/C7H10N2O/c8-7(10)5-6-1-3-9-4-2-6/h1,3-4,6H,2,5H2,(H2,8,10). The van der Waals surface area contributed by atoms with Crippen LogP contribution in [-0.4, -0.2) is 12.1 Å². The molecular weight excluding hydrogens is 128 g/mol. The summed E-state index contributed by atoms with van der Waals surface area (Å²) in [7, 11) is 0. The van der Waals surface area contributed by atoms with Crippen LogP contribution in [0.5, 0.6) is 0 Å². The second-order valence-corrected chi connectivity index (χ2v) is 2.34. The highest BCUT2D eigenvalue weighted by Crippen LogP contribution is 2.11. The van der Waals surface area contributed by atoms with Crippen LogP contribution >= 0.6 is 0 Å². The number of amides is 1. The van der Waals surface area contributed by atoms with Crippen molar-refractivity contribution in [2.45, 2.75) is 12.8 Å². The van der Waals surface area contributed by atoms with Gasteiger partial charge in [-0.15, -0.1) is 0 Å². The summed E-state index contributed by atoms with van der Waals surface area (Å²) >= 11 is 0. The lowest BCUT2D eigenvalue weighted by Crippen LogP contribution is -2.16. The van der Waals surface area contributed by atoms with Crippen LogP contribution in [0.25, 0.3) is 0 Å². The first kappa shape index (κ1) is 6.99. The molecule has 3 nitrogen and oxygen atoms in total. The molecule has 3 heteroatoms. The Kier molecular flexibility index (Phi) is 2.20. The average Bonchev–Trinajstić information content (AvgIpc) is 1.88. The van der Waals surface area contributed by atoms with Crippen molar-refractivity contribution in [3.05, 3.63) is 12.3 Å². The number of rotatable bonds is 2. The number of nitrogens with zero attached hydrogens (tertiary/aromatic N) is 1. The van der Waals surface area contributed by atoms with E-state index >= 15 is 0 Å². The Balaban J connectivity index is 2.37. The van der Waals surface area contributed by atoms with Gasteiger partial charge in [-0.2, -0.15) is 0 Å². The van der Waals surface area contributed by atoms with Crippen LogP contribution in [-0.2, 0) is 4.79 Å². The van der Waals surface area contributed by atoms with Crippen LogP contribution < -0.4 is 5.73 Å². The summed E-state index contributed by atoms with van der Waals surface area (Å²) in [5, 5.41) is 0. The molecule has 0 aromatic carbocycles. The topological polar surface area (TPSA) is 55.5 Å². The highest BCUT2D eigenvalue weighted by Gasteiger charge is 2.08. The maximum Gasteiger partial charge on any atom is 0.218 e. The highest BCUT2D eigenvalue weighted by molar-refractivity contribution is 5.75. The van der Waals surface area contributed by atoms with E-state index < -0.39 is 0 Å². The molecule has 1 aliphatic heterocycles. The van der Waals surface area contributed by atoms with E-state index in [9.17, 15) is 4.79 Å². The lowest BCUT2D eigenvalue weighted by molar-refractivity contribution is -0.118. The Morgan fingerprint density at radius 3 is 3.10 bits per heavy atom. The summed E-state index contributed by atoms with van der Waals surface area (Å²) in [5.74, 6) is 0.0277. The van der Waals surface area contributed by atoms with Gasteiger partial charge in [-0.25, -0.2) is 0 Å². The highest BCUT2D eigenvalue weighted by atomic mass is 16.1. The Morgan fingerprint density at radius 2 is 2.60 bits per heavy atom. The monoisotopic (exact) mass is 138 g/mol. The van der Waals surface area contributed by atoms with Crippen molar-refractivity contribution in [1.29, 1.82) is 0 Å². The minimum atomic E-state index is -0.245. The molecule has 0 saturated heterocycles. The first-order valence-corrected chi connectivity index (χ1v) is 3.25. The van der Waals surface area contributed by atoms with Gasteiger partial charge in [0.15, 0.2) is 0 Å². The largest absolute Gasteiger partial charge is 0.370 e. The predicted octanol–water partition coefficient (Wildman–Crippen LogP) is 0.466. The van der Waals surface area contributed by atoms with Gasteiger partial charge >= 0.3 is 0 Å². The molecule has 0 bridgehead atoms. The van der Waals surface area contributed by atoms with Crippen molar-refractivity contribution in [1.82, 2.24) is 0 Å². The van der Waals surface area contributed by atoms with Crippen molar-refractivity contribution in [2.24, 2.45) is 16.6 Å². The molecule has 0 saturated carbocycles. The van der Waals surface area contributed by atoms with Crippen LogP contribution in [0.2, 0.25) is 0 Å². The van der Waals surface area contributed by atoms with Crippen LogP contribution in [0, 0.1) is 5.92 Å². The number of allylic oxidation sites excluding steroid dienone is 1. The first-order valence-electron chi connectivity index (χ1n) is 3.25. The van der Waals surface area contributed by atoms with Crippen molar-refractivity contribution in [3.8, 4) is 0 Å². The maximum atomic E-state index is 10.4. The quantitative estimate of drug-likeness (QED) is 0.592. The third-order valence-corrected chi connectivity index (χ3v) is 1.42. The molecule has 0 radical (unpaired) electrons. The molecule has 10 heavy (non-hydrogen) atoms. The van der Waals surface area contributed by atoms with E-state index in [4.69, 9.17) is 5.73 Å². The fourth-order valence-electron chi connectivity index (χ4n) is 0.917. The van der Waals surface area contributed by atoms with Crippen LogP contribution in [0.3, 0.4) is 0 Å². The van der Waals surface area contributed by atoms with Crippen molar-refractivity contribution in [2.75, 3.05) is 0 Å². The van der Waals surface area contributed by atoms with E-state index in [2.05, 4.69) is 4.99 Å². The Bertz CT molecular complexity index is 184.